The van der Waals surface area contributed by atoms with Crippen LogP contribution in [0.25, 0.3) is 0 Å². The molecule has 0 atom stereocenters. The summed E-state index contributed by atoms with van der Waals surface area (Å²) in [6.07, 6.45) is 2.69. The summed E-state index contributed by atoms with van der Waals surface area (Å²) in [4.78, 5) is 13.6. The molecule has 2 N–H and O–H groups in total. The highest BCUT2D eigenvalue weighted by molar-refractivity contribution is 7.80. The van der Waals surface area contributed by atoms with Crippen LogP contribution in [0.4, 0.5) is 0 Å². The van der Waals surface area contributed by atoms with E-state index in [0.717, 1.165) is 12.8 Å². The van der Waals surface area contributed by atoms with Gasteiger partial charge in [0, 0.05) is 26.6 Å². The summed E-state index contributed by atoms with van der Waals surface area (Å²) in [6, 6.07) is 0. The first-order chi connectivity index (χ1) is 7.93. The van der Waals surface area contributed by atoms with Crippen molar-refractivity contribution in [1.29, 1.82) is 0 Å². The van der Waals surface area contributed by atoms with Gasteiger partial charge in [-0.05, 0) is 18.8 Å². The summed E-state index contributed by atoms with van der Waals surface area (Å²) in [7, 11) is 1.73. The maximum atomic E-state index is 11.6. The van der Waals surface area contributed by atoms with Crippen molar-refractivity contribution in [3.63, 3.8) is 0 Å². The molecule has 0 bridgehead atoms. The molecule has 0 spiro atoms. The van der Waals surface area contributed by atoms with Crippen molar-refractivity contribution in [3.05, 3.63) is 0 Å². The highest BCUT2D eigenvalue weighted by Gasteiger charge is 2.08. The summed E-state index contributed by atoms with van der Waals surface area (Å²) in [5.74, 6) is 0.660. The molecule has 0 aliphatic carbocycles. The van der Waals surface area contributed by atoms with Crippen LogP contribution in [0.15, 0.2) is 0 Å². The van der Waals surface area contributed by atoms with Gasteiger partial charge in [-0.25, -0.2) is 0 Å². The van der Waals surface area contributed by atoms with Crippen LogP contribution in [0.1, 0.15) is 33.1 Å². The average Bonchev–Trinajstić information content (AvgIpc) is 2.24. The first-order valence-corrected chi connectivity index (χ1v) is 6.44. The van der Waals surface area contributed by atoms with Crippen LogP contribution < -0.4 is 5.73 Å². The van der Waals surface area contributed by atoms with E-state index >= 15 is 0 Å². The zero-order valence-electron chi connectivity index (χ0n) is 11.1. The zero-order chi connectivity index (χ0) is 13.3. The van der Waals surface area contributed by atoms with Crippen molar-refractivity contribution in [2.45, 2.75) is 33.1 Å². The molecule has 4 nitrogen and oxygen atoms in total. The number of rotatable bonds is 9. The third-order valence-electron chi connectivity index (χ3n) is 2.42. The lowest BCUT2D eigenvalue weighted by molar-refractivity contribution is -0.134. The molecule has 0 aromatic carbocycles. The second kappa shape index (κ2) is 9.36. The Labute approximate surface area is 109 Å². The largest absolute Gasteiger partial charge is 0.393 e. The van der Waals surface area contributed by atoms with Gasteiger partial charge in [-0.2, -0.15) is 0 Å². The Bertz CT molecular complexity index is 245. The van der Waals surface area contributed by atoms with E-state index in [1.165, 1.54) is 0 Å². The molecule has 0 aliphatic rings. The van der Waals surface area contributed by atoms with Gasteiger partial charge in [0.15, 0.2) is 0 Å². The van der Waals surface area contributed by atoms with Gasteiger partial charge in [0.25, 0.3) is 0 Å². The van der Waals surface area contributed by atoms with Gasteiger partial charge >= 0.3 is 0 Å². The molecule has 100 valence electrons. The third-order valence-corrected chi connectivity index (χ3v) is 2.62. The van der Waals surface area contributed by atoms with Crippen molar-refractivity contribution < 1.29 is 9.53 Å². The van der Waals surface area contributed by atoms with Crippen LogP contribution in [0, 0.1) is 5.92 Å². The Morgan fingerprint density at radius 2 is 2.12 bits per heavy atom. The van der Waals surface area contributed by atoms with E-state index in [1.54, 1.807) is 11.9 Å². The smallest absolute Gasteiger partial charge is 0.248 e. The van der Waals surface area contributed by atoms with Gasteiger partial charge in [-0.15, -0.1) is 0 Å². The van der Waals surface area contributed by atoms with Crippen molar-refractivity contribution >= 4 is 23.1 Å². The number of thiocarbonyl (C=S) groups is 1. The second-order valence-electron chi connectivity index (χ2n) is 4.62. The summed E-state index contributed by atoms with van der Waals surface area (Å²) in [6.45, 7) is 5.70. The molecular formula is C12H24N2O2S. The molecule has 0 saturated heterocycles. The molecular weight excluding hydrogens is 236 g/mol. The minimum absolute atomic E-state index is 0.0224. The van der Waals surface area contributed by atoms with Crippen LogP contribution in [-0.4, -0.2) is 42.6 Å². The van der Waals surface area contributed by atoms with Crippen LogP contribution in [0.2, 0.25) is 0 Å². The minimum atomic E-state index is -0.0224. The lowest BCUT2D eigenvalue weighted by Gasteiger charge is -2.16. The standard InChI is InChI=1S/C12H24N2O2S/c1-10(2)5-4-8-16-9-12(15)14(3)7-6-11(13)17/h10H,4-9H2,1-3H3,(H2,13,17). The highest BCUT2D eigenvalue weighted by Crippen LogP contribution is 2.03. The summed E-state index contributed by atoms with van der Waals surface area (Å²) in [5, 5.41) is 0. The number of likely N-dealkylation sites (N-methyl/N-ethyl adjacent to an activating group) is 1. The van der Waals surface area contributed by atoms with Crippen molar-refractivity contribution in [3.8, 4) is 0 Å². The number of hydrogen-bond donors (Lipinski definition) is 1. The summed E-state index contributed by atoms with van der Waals surface area (Å²) in [5.41, 5.74) is 5.37. The Kier molecular flexibility index (Phi) is 8.99. The van der Waals surface area contributed by atoms with Gasteiger partial charge in [0.2, 0.25) is 5.91 Å². The van der Waals surface area contributed by atoms with Crippen LogP contribution in [0.3, 0.4) is 0 Å². The number of amides is 1. The Hall–Kier alpha value is -0.680. The molecule has 0 unspecified atom stereocenters. The lowest BCUT2D eigenvalue weighted by Crippen LogP contribution is -2.33. The monoisotopic (exact) mass is 260 g/mol. The topological polar surface area (TPSA) is 55.6 Å². The zero-order valence-corrected chi connectivity index (χ0v) is 11.9. The molecule has 0 radical (unpaired) electrons. The Balaban J connectivity index is 3.53. The number of ether oxygens (including phenoxy) is 1. The molecule has 0 aromatic rings. The molecule has 0 saturated carbocycles. The molecule has 0 aliphatic heterocycles. The first kappa shape index (κ1) is 16.3. The van der Waals surface area contributed by atoms with Crippen LogP contribution in [-0.2, 0) is 9.53 Å². The quantitative estimate of drug-likeness (QED) is 0.505. The molecule has 5 heteroatoms. The van der Waals surface area contributed by atoms with Gasteiger partial charge < -0.3 is 15.4 Å². The van der Waals surface area contributed by atoms with E-state index < -0.39 is 0 Å². The SMILES string of the molecule is CC(C)CCCOCC(=O)N(C)CCC(N)=S. The Morgan fingerprint density at radius 3 is 2.65 bits per heavy atom. The maximum absolute atomic E-state index is 11.6. The highest BCUT2D eigenvalue weighted by atomic mass is 32.1. The summed E-state index contributed by atoms with van der Waals surface area (Å²) < 4.78 is 5.32. The normalized spacial score (nSPS) is 10.6. The molecule has 1 amide bonds. The second-order valence-corrected chi connectivity index (χ2v) is 5.14. The van der Waals surface area contributed by atoms with Crippen LogP contribution in [0.5, 0.6) is 0 Å². The number of nitrogens with two attached hydrogens (primary N) is 1. The van der Waals surface area contributed by atoms with Crippen LogP contribution >= 0.6 is 12.2 Å². The number of nitrogens with zero attached hydrogens (tertiary/aromatic N) is 1. The van der Waals surface area contributed by atoms with Gasteiger partial charge in [-0.1, -0.05) is 26.1 Å². The van der Waals surface area contributed by atoms with E-state index in [2.05, 4.69) is 13.8 Å². The fraction of sp³-hybridized carbons (Fsp3) is 0.833. The third kappa shape index (κ3) is 10.2. The fourth-order valence-corrected chi connectivity index (χ4v) is 1.36. The lowest BCUT2D eigenvalue weighted by atomic mass is 10.1. The first-order valence-electron chi connectivity index (χ1n) is 6.03. The Morgan fingerprint density at radius 1 is 1.47 bits per heavy atom. The van der Waals surface area contributed by atoms with Gasteiger partial charge in [0.1, 0.15) is 6.61 Å². The van der Waals surface area contributed by atoms with E-state index in [-0.39, 0.29) is 12.5 Å². The van der Waals surface area contributed by atoms with E-state index in [1.807, 2.05) is 0 Å². The predicted octanol–water partition coefficient (Wildman–Crippen LogP) is 1.57. The van der Waals surface area contributed by atoms with E-state index in [0.29, 0.717) is 30.5 Å². The fourth-order valence-electron chi connectivity index (χ4n) is 1.27. The van der Waals surface area contributed by atoms with Crippen molar-refractivity contribution in [2.75, 3.05) is 26.8 Å². The molecule has 0 fully saturated rings. The van der Waals surface area contributed by atoms with Gasteiger partial charge in [0.05, 0.1) is 4.99 Å². The van der Waals surface area contributed by atoms with Crippen molar-refractivity contribution in [2.24, 2.45) is 11.7 Å². The molecule has 0 aromatic heterocycles. The molecule has 0 rings (SSSR count). The number of carbonyl (C=O) groups excluding carboxylic acids is 1. The predicted molar refractivity (Wildman–Crippen MR) is 73.9 cm³/mol. The maximum Gasteiger partial charge on any atom is 0.248 e. The minimum Gasteiger partial charge on any atom is -0.393 e. The summed E-state index contributed by atoms with van der Waals surface area (Å²) >= 11 is 4.76. The van der Waals surface area contributed by atoms with Crippen molar-refractivity contribution in [1.82, 2.24) is 4.90 Å². The average molecular weight is 260 g/mol. The molecule has 17 heavy (non-hydrogen) atoms. The number of carbonyl (C=O) groups is 1. The van der Waals surface area contributed by atoms with E-state index in [4.69, 9.17) is 22.7 Å². The van der Waals surface area contributed by atoms with Gasteiger partial charge in [-0.3, -0.25) is 4.79 Å². The molecule has 0 heterocycles. The number of hydrogen-bond acceptors (Lipinski definition) is 3. The van der Waals surface area contributed by atoms with E-state index in [9.17, 15) is 4.79 Å².